The van der Waals surface area contributed by atoms with Crippen LogP contribution in [0.4, 0.5) is 27.5 Å². The monoisotopic (exact) mass is 1350 g/mol. The zero-order valence-corrected chi connectivity index (χ0v) is 55.7. The normalized spacial score (nSPS) is 17.9. The number of nitrogens with one attached hydrogen (secondary N) is 5. The Morgan fingerprint density at radius 3 is 2.09 bits per heavy atom. The number of hydrogen-bond acceptors (Lipinski definition) is 17. The molecule has 0 radical (unpaired) electrons. The van der Waals surface area contributed by atoms with Gasteiger partial charge in [0.15, 0.2) is 29.2 Å². The van der Waals surface area contributed by atoms with Crippen molar-refractivity contribution >= 4 is 82.3 Å². The zero-order valence-electron chi connectivity index (χ0n) is 55.7. The smallest absolute Gasteiger partial charge is 0.416 e. The lowest BCUT2D eigenvalue weighted by molar-refractivity contribution is -0.132. The second kappa shape index (κ2) is 30.7. The van der Waals surface area contributed by atoms with Crippen molar-refractivity contribution in [2.45, 2.75) is 122 Å². The molecule has 9 amide bonds. The minimum Gasteiger partial charge on any atom is -0.493 e. The number of aliphatic hydroxyl groups excluding tert-OH is 2. The van der Waals surface area contributed by atoms with Gasteiger partial charge >= 0.3 is 6.09 Å². The molecule has 5 aromatic rings. The first-order valence-electron chi connectivity index (χ1n) is 33.1. The molecular formula is C73H80N10O16. The van der Waals surface area contributed by atoms with Crippen LogP contribution in [0, 0.1) is 23.2 Å². The maximum atomic E-state index is 14.4. The van der Waals surface area contributed by atoms with Gasteiger partial charge in [0.05, 0.1) is 93.9 Å². The number of ether oxygens (including phenoxy) is 5. The van der Waals surface area contributed by atoms with Crippen LogP contribution in [-0.2, 0) is 46.7 Å². The molecule has 5 atom stereocenters. The van der Waals surface area contributed by atoms with Crippen molar-refractivity contribution in [2.75, 3.05) is 68.8 Å². The van der Waals surface area contributed by atoms with Gasteiger partial charge in [0.1, 0.15) is 18.7 Å². The lowest BCUT2D eigenvalue weighted by Crippen LogP contribution is -2.55. The fourth-order valence-corrected chi connectivity index (χ4v) is 12.6. The third-order valence-electron chi connectivity index (χ3n) is 18.4. The minimum absolute atomic E-state index is 0.0802. The first-order chi connectivity index (χ1) is 47.7. The fraction of sp³-hybridized carbons (Fsp3) is 0.397. The lowest BCUT2D eigenvalue weighted by Gasteiger charge is -2.31. The molecule has 11 rings (SSSR count). The van der Waals surface area contributed by atoms with Gasteiger partial charge in [-0.2, -0.15) is 0 Å². The molecule has 5 heterocycles. The van der Waals surface area contributed by atoms with Crippen LogP contribution in [0.25, 0.3) is 0 Å². The Morgan fingerprint density at radius 1 is 0.717 bits per heavy atom. The van der Waals surface area contributed by atoms with Gasteiger partial charge in [-0.15, -0.1) is 0 Å². The number of aliphatic hydroxyl groups is 2. The molecule has 99 heavy (non-hydrogen) atoms. The molecule has 5 aromatic carbocycles. The molecule has 26 nitrogen and oxygen atoms in total. The number of amides is 9. The summed E-state index contributed by atoms with van der Waals surface area (Å²) in [6.45, 7) is 4.67. The van der Waals surface area contributed by atoms with E-state index >= 15 is 0 Å². The summed E-state index contributed by atoms with van der Waals surface area (Å²) in [6, 6.07) is 24.3. The molecule has 1 saturated carbocycles. The number of hydrogen-bond donors (Lipinski definition) is 7. The van der Waals surface area contributed by atoms with E-state index < -0.39 is 79.0 Å². The molecule has 1 unspecified atom stereocenters. The van der Waals surface area contributed by atoms with Gasteiger partial charge in [-0.3, -0.25) is 43.3 Å². The van der Waals surface area contributed by atoms with Crippen LogP contribution in [0.15, 0.2) is 114 Å². The summed E-state index contributed by atoms with van der Waals surface area (Å²) in [5.74, 6) is 3.05. The van der Waals surface area contributed by atoms with Crippen molar-refractivity contribution in [2.24, 2.45) is 16.3 Å². The number of anilines is 3. The van der Waals surface area contributed by atoms with Gasteiger partial charge in [-0.05, 0) is 122 Å². The van der Waals surface area contributed by atoms with Crippen LogP contribution >= 0.6 is 0 Å². The average molecular weight is 1350 g/mol. The average Bonchev–Trinajstić information content (AvgIpc) is 1.57. The number of para-hydroxylation sites is 1. The summed E-state index contributed by atoms with van der Waals surface area (Å²) >= 11 is 0. The zero-order chi connectivity index (χ0) is 70.1. The molecule has 7 N–H and O–H groups in total. The van der Waals surface area contributed by atoms with Crippen LogP contribution in [-0.4, -0.2) is 164 Å². The predicted octanol–water partition coefficient (Wildman–Crippen LogP) is 6.15. The standard InChI is InChI=1S/C73H80N10O16/c1-43(2)66(79-64(87)37-76-63(86)36-75-62(85)23-24-65(88)81-39-49-15-8-7-13-47(49)19-20-48-14-9-10-16-55(48)81)68(90)77-44(3)67(89)78-50-21-17-45(18-22-50)41-99-72(94)83-56-33-61(59(96-5)31-53(56)70(92)82-42-73(25-26-73)34-57(82)71(83)93)98-28-12-6-11-27-97-60-32-54-52(30-58(60)95-4)69(91)80-38-46(40-84)29-51(80)35-74-54/h7-10,13-18,21-22,30-33,35,38,43-44,51,57,66,71,84,93H,6,11-12,23-29,34,36-37,39-42H2,1-5H3,(H,75,85)(H,76,86)(H,77,90)(H,78,89)(H,79,87)/t44-,51-,57-,66-,71?/m0/s1. The molecule has 26 heteroatoms. The number of fused-ring (bicyclic) bond motifs is 6. The fourth-order valence-electron chi connectivity index (χ4n) is 12.6. The topological polar surface area (TPSA) is 326 Å². The summed E-state index contributed by atoms with van der Waals surface area (Å²) in [7, 11) is 2.94. The maximum Gasteiger partial charge on any atom is 0.416 e. The van der Waals surface area contributed by atoms with E-state index in [9.17, 15) is 53.4 Å². The predicted molar refractivity (Wildman–Crippen MR) is 363 cm³/mol. The highest BCUT2D eigenvalue weighted by atomic mass is 16.6. The highest BCUT2D eigenvalue weighted by Gasteiger charge is 2.58. The van der Waals surface area contributed by atoms with Crippen molar-refractivity contribution in [1.29, 1.82) is 0 Å². The molecule has 518 valence electrons. The first-order valence-corrected chi connectivity index (χ1v) is 33.1. The number of carbonyl (C=O) groups is 9. The van der Waals surface area contributed by atoms with Gasteiger partial charge in [-0.25, -0.2) is 9.69 Å². The van der Waals surface area contributed by atoms with E-state index in [-0.39, 0.29) is 91.1 Å². The molecule has 1 spiro atoms. The van der Waals surface area contributed by atoms with E-state index in [2.05, 4.69) is 43.4 Å². The molecule has 0 aromatic heterocycles. The Balaban J connectivity index is 0.630. The van der Waals surface area contributed by atoms with Crippen LogP contribution in [0.2, 0.25) is 0 Å². The number of rotatable bonds is 26. The van der Waals surface area contributed by atoms with E-state index in [4.69, 9.17) is 23.7 Å². The number of benzene rings is 5. The van der Waals surface area contributed by atoms with E-state index in [0.717, 1.165) is 34.4 Å². The molecule has 6 aliphatic rings. The Bertz CT molecular complexity index is 4100. The molecule has 1 saturated heterocycles. The summed E-state index contributed by atoms with van der Waals surface area (Å²) < 4.78 is 29.6. The Kier molecular flexibility index (Phi) is 21.6. The SMILES string of the molecule is COc1cc2c(cc1OCCCCCOc1cc3c(cc1OC)C(=O)N1CC4(CC4)C[C@H]1C(O)N3C(=O)OCc1ccc(NC(=O)[C@H](C)NC(=O)[C@@H](NC(=O)CNC(=O)CNC(=O)CCC(=O)N3Cc4ccccc4C#Cc4ccccc43)C(C)C)cc1)N=C[C@@H]1CC(CO)=CN1C2=O. The van der Waals surface area contributed by atoms with Crippen LogP contribution in [0.3, 0.4) is 0 Å². The molecule has 1 aliphatic carbocycles. The van der Waals surface area contributed by atoms with Gasteiger partial charge in [0.2, 0.25) is 35.4 Å². The quantitative estimate of drug-likeness (QED) is 0.0241. The largest absolute Gasteiger partial charge is 0.493 e. The third-order valence-corrected chi connectivity index (χ3v) is 18.4. The highest BCUT2D eigenvalue weighted by molar-refractivity contribution is 6.07. The Morgan fingerprint density at radius 2 is 1.38 bits per heavy atom. The van der Waals surface area contributed by atoms with Gasteiger partial charge in [0, 0.05) is 60.7 Å². The Hall–Kier alpha value is -10.8. The highest BCUT2D eigenvalue weighted by Crippen LogP contribution is 2.57. The van der Waals surface area contributed by atoms with Crippen LogP contribution in [0.5, 0.6) is 23.0 Å². The third kappa shape index (κ3) is 16.1. The molecule has 5 aliphatic heterocycles. The van der Waals surface area contributed by atoms with E-state index in [0.29, 0.717) is 90.5 Å². The van der Waals surface area contributed by atoms with Crippen molar-refractivity contribution in [3.05, 3.63) is 142 Å². The minimum atomic E-state index is -1.48. The Labute approximate surface area is 572 Å². The van der Waals surface area contributed by atoms with Crippen LogP contribution < -0.4 is 55.3 Å². The van der Waals surface area contributed by atoms with E-state index in [1.54, 1.807) is 83.4 Å². The second-order valence-electron chi connectivity index (χ2n) is 25.7. The van der Waals surface area contributed by atoms with Crippen molar-refractivity contribution in [3.8, 4) is 34.8 Å². The summed E-state index contributed by atoms with van der Waals surface area (Å²) in [4.78, 5) is 132. The summed E-state index contributed by atoms with van der Waals surface area (Å²) in [5.41, 5.74) is 5.44. The summed E-state index contributed by atoms with van der Waals surface area (Å²) in [5, 5.41) is 34.6. The van der Waals surface area contributed by atoms with Gasteiger partial charge in [-0.1, -0.05) is 68.2 Å². The van der Waals surface area contributed by atoms with Crippen molar-refractivity contribution in [3.63, 3.8) is 0 Å². The molecule has 0 bridgehead atoms. The van der Waals surface area contributed by atoms with E-state index in [1.165, 1.54) is 33.3 Å². The number of aliphatic imine (C=N–C) groups is 1. The van der Waals surface area contributed by atoms with Crippen molar-refractivity contribution < 1.29 is 77.0 Å². The van der Waals surface area contributed by atoms with E-state index in [1.807, 2.05) is 42.5 Å². The lowest BCUT2D eigenvalue weighted by atomic mass is 10.0. The number of nitrogens with zero attached hydrogens (tertiary/aromatic N) is 5. The summed E-state index contributed by atoms with van der Waals surface area (Å²) in [6.07, 6.45) is 5.26. The number of carbonyl (C=O) groups excluding carboxylic acids is 9. The number of methoxy groups -OCH3 is 2. The first kappa shape index (κ1) is 69.6. The second-order valence-corrected chi connectivity index (χ2v) is 25.7. The molecular weight excluding hydrogens is 1270 g/mol. The van der Waals surface area contributed by atoms with Crippen LogP contribution in [0.1, 0.15) is 122 Å². The number of unbranched alkanes of at least 4 members (excludes halogenated alkanes) is 2. The van der Waals surface area contributed by atoms with Gasteiger partial charge in [0.25, 0.3) is 11.8 Å². The van der Waals surface area contributed by atoms with Crippen molar-refractivity contribution in [1.82, 2.24) is 31.1 Å². The van der Waals surface area contributed by atoms with Gasteiger partial charge < -0.3 is 75.2 Å². The maximum absolute atomic E-state index is 14.4. The molecule has 2 fully saturated rings.